The number of likely N-dealkylation sites (tertiary alicyclic amines) is 1. The van der Waals surface area contributed by atoms with E-state index in [1.165, 1.54) is 11.5 Å². The smallest absolute Gasteiger partial charge is 0.197 e. The van der Waals surface area contributed by atoms with Crippen LogP contribution in [0, 0.1) is 0 Å². The minimum atomic E-state index is 0.112. The van der Waals surface area contributed by atoms with E-state index in [9.17, 15) is 0 Å². The molecular formula is C13H24N4OS. The maximum Gasteiger partial charge on any atom is 0.197 e. The minimum absolute atomic E-state index is 0.112. The second-order valence-corrected chi connectivity index (χ2v) is 6.02. The Morgan fingerprint density at radius 1 is 1.47 bits per heavy atom. The molecule has 0 aromatic carbocycles. The summed E-state index contributed by atoms with van der Waals surface area (Å²) in [5.41, 5.74) is 5.86. The average molecular weight is 284 g/mol. The third kappa shape index (κ3) is 3.73. The minimum Gasteiger partial charge on any atom is -0.484 e. The van der Waals surface area contributed by atoms with Crippen LogP contribution in [0.4, 0.5) is 10.8 Å². The van der Waals surface area contributed by atoms with Crippen LogP contribution in [0.1, 0.15) is 33.6 Å². The third-order valence-electron chi connectivity index (χ3n) is 3.40. The first-order valence-electron chi connectivity index (χ1n) is 7.00. The number of nitrogens with zero attached hydrogens (tertiary/aromatic N) is 2. The van der Waals surface area contributed by atoms with Gasteiger partial charge in [0.2, 0.25) is 0 Å². The van der Waals surface area contributed by atoms with Gasteiger partial charge in [0.25, 0.3) is 0 Å². The fraction of sp³-hybridized carbons (Fsp3) is 0.769. The highest BCUT2D eigenvalue weighted by Crippen LogP contribution is 2.37. The highest BCUT2D eigenvalue weighted by atomic mass is 32.1. The first-order chi connectivity index (χ1) is 9.10. The lowest BCUT2D eigenvalue weighted by Crippen LogP contribution is -2.38. The molecule has 1 aromatic rings. The van der Waals surface area contributed by atoms with Crippen molar-refractivity contribution < 1.29 is 4.74 Å². The highest BCUT2D eigenvalue weighted by Gasteiger charge is 2.21. The number of hydrogen-bond donors (Lipinski definition) is 2. The standard InChI is InChI=1S/C13H24N4OS/c1-4-17-7-5-10(6-8-17)15-13-11(18-9(2)3)12(14)16-19-13/h9-10,15H,4-8H2,1-3H3,(H2,14,16). The first-order valence-corrected chi connectivity index (χ1v) is 7.78. The van der Waals surface area contributed by atoms with Crippen LogP contribution in [0.3, 0.4) is 0 Å². The second-order valence-electron chi connectivity index (χ2n) is 5.25. The Kier molecular flexibility index (Phi) is 4.87. The molecule has 2 heterocycles. The van der Waals surface area contributed by atoms with Crippen LogP contribution in [0.5, 0.6) is 5.75 Å². The zero-order chi connectivity index (χ0) is 13.8. The van der Waals surface area contributed by atoms with Crippen LogP contribution in [0.15, 0.2) is 0 Å². The van der Waals surface area contributed by atoms with Gasteiger partial charge in [-0.3, -0.25) is 0 Å². The Hall–Kier alpha value is -1.01. The number of ether oxygens (including phenoxy) is 1. The number of anilines is 2. The molecule has 1 aliphatic heterocycles. The summed E-state index contributed by atoms with van der Waals surface area (Å²) in [6, 6.07) is 0.497. The lowest BCUT2D eigenvalue weighted by molar-refractivity contribution is 0.228. The molecule has 0 amide bonds. The van der Waals surface area contributed by atoms with E-state index in [4.69, 9.17) is 10.5 Å². The Labute approximate surface area is 119 Å². The monoisotopic (exact) mass is 284 g/mol. The van der Waals surface area contributed by atoms with Gasteiger partial charge in [-0.1, -0.05) is 6.92 Å². The van der Waals surface area contributed by atoms with Crippen LogP contribution in [0.2, 0.25) is 0 Å². The van der Waals surface area contributed by atoms with Gasteiger partial charge < -0.3 is 20.7 Å². The van der Waals surface area contributed by atoms with E-state index in [1.807, 2.05) is 13.8 Å². The van der Waals surface area contributed by atoms with Gasteiger partial charge in [-0.05, 0) is 44.8 Å². The van der Waals surface area contributed by atoms with Gasteiger partial charge in [0, 0.05) is 19.1 Å². The summed E-state index contributed by atoms with van der Waals surface area (Å²) in [5, 5.41) is 4.52. The molecule has 0 radical (unpaired) electrons. The Bertz CT molecular complexity index is 399. The zero-order valence-corrected chi connectivity index (χ0v) is 12.8. The van der Waals surface area contributed by atoms with E-state index in [2.05, 4.69) is 21.5 Å². The van der Waals surface area contributed by atoms with Gasteiger partial charge in [0.15, 0.2) is 16.6 Å². The molecule has 19 heavy (non-hydrogen) atoms. The summed E-state index contributed by atoms with van der Waals surface area (Å²) in [5.74, 6) is 1.21. The van der Waals surface area contributed by atoms with E-state index >= 15 is 0 Å². The fourth-order valence-corrected chi connectivity index (χ4v) is 3.04. The van der Waals surface area contributed by atoms with E-state index in [0.29, 0.717) is 11.9 Å². The topological polar surface area (TPSA) is 63.4 Å². The molecular weight excluding hydrogens is 260 g/mol. The van der Waals surface area contributed by atoms with E-state index in [-0.39, 0.29) is 6.10 Å². The quantitative estimate of drug-likeness (QED) is 0.869. The fourth-order valence-electron chi connectivity index (χ4n) is 2.31. The van der Waals surface area contributed by atoms with Crippen molar-refractivity contribution in [1.82, 2.24) is 9.27 Å². The van der Waals surface area contributed by atoms with Gasteiger partial charge in [-0.2, -0.15) is 4.37 Å². The van der Waals surface area contributed by atoms with E-state index in [1.54, 1.807) is 0 Å². The molecule has 0 unspecified atom stereocenters. The third-order valence-corrected chi connectivity index (χ3v) is 4.17. The number of nitrogens with one attached hydrogen (secondary N) is 1. The molecule has 0 saturated carbocycles. The zero-order valence-electron chi connectivity index (χ0n) is 12.0. The number of piperidine rings is 1. The molecule has 1 aliphatic rings. The van der Waals surface area contributed by atoms with Crippen LogP contribution in [-0.4, -0.2) is 41.1 Å². The summed E-state index contributed by atoms with van der Waals surface area (Å²) in [6.45, 7) is 9.67. The highest BCUT2D eigenvalue weighted by molar-refractivity contribution is 7.11. The van der Waals surface area contributed by atoms with Gasteiger partial charge in [-0.25, -0.2) is 0 Å². The predicted molar refractivity (Wildman–Crippen MR) is 81.0 cm³/mol. The Morgan fingerprint density at radius 2 is 2.16 bits per heavy atom. The summed E-state index contributed by atoms with van der Waals surface area (Å²) in [4.78, 5) is 2.48. The lowest BCUT2D eigenvalue weighted by atomic mass is 10.1. The van der Waals surface area contributed by atoms with Gasteiger partial charge >= 0.3 is 0 Å². The first kappa shape index (κ1) is 14.4. The molecule has 108 valence electrons. The predicted octanol–water partition coefficient (Wildman–Crippen LogP) is 2.41. The maximum absolute atomic E-state index is 5.86. The summed E-state index contributed by atoms with van der Waals surface area (Å²) >= 11 is 1.39. The summed E-state index contributed by atoms with van der Waals surface area (Å²) < 4.78 is 9.94. The van der Waals surface area contributed by atoms with Crippen molar-refractivity contribution in [2.75, 3.05) is 30.7 Å². The molecule has 5 nitrogen and oxygen atoms in total. The van der Waals surface area contributed by atoms with Crippen LogP contribution < -0.4 is 15.8 Å². The molecule has 0 spiro atoms. The van der Waals surface area contributed by atoms with E-state index in [0.717, 1.165) is 43.2 Å². The summed E-state index contributed by atoms with van der Waals surface area (Å²) in [6.07, 6.45) is 2.43. The Balaban J connectivity index is 1.96. The molecule has 0 atom stereocenters. The number of rotatable bonds is 5. The number of nitrogen functional groups attached to an aromatic ring is 1. The largest absolute Gasteiger partial charge is 0.484 e. The van der Waals surface area contributed by atoms with E-state index < -0.39 is 0 Å². The molecule has 6 heteroatoms. The molecule has 3 N–H and O–H groups in total. The van der Waals surface area contributed by atoms with Crippen molar-refractivity contribution >= 4 is 22.4 Å². The molecule has 1 saturated heterocycles. The molecule has 1 fully saturated rings. The van der Waals surface area contributed by atoms with Gasteiger partial charge in [0.05, 0.1) is 6.10 Å². The lowest BCUT2D eigenvalue weighted by Gasteiger charge is -2.31. The van der Waals surface area contributed by atoms with Gasteiger partial charge in [-0.15, -0.1) is 0 Å². The number of nitrogens with two attached hydrogens (primary N) is 1. The molecule has 1 aromatic heterocycles. The molecule has 0 bridgehead atoms. The van der Waals surface area contributed by atoms with Crippen LogP contribution >= 0.6 is 11.5 Å². The van der Waals surface area contributed by atoms with Crippen molar-refractivity contribution in [2.24, 2.45) is 0 Å². The van der Waals surface area contributed by atoms with Gasteiger partial charge in [0.1, 0.15) is 0 Å². The van der Waals surface area contributed by atoms with Crippen LogP contribution in [0.25, 0.3) is 0 Å². The van der Waals surface area contributed by atoms with Crippen LogP contribution in [-0.2, 0) is 0 Å². The average Bonchev–Trinajstić information content (AvgIpc) is 2.72. The van der Waals surface area contributed by atoms with Crippen molar-refractivity contribution in [3.05, 3.63) is 0 Å². The molecule has 2 rings (SSSR count). The van der Waals surface area contributed by atoms with Crippen molar-refractivity contribution in [3.8, 4) is 5.75 Å². The number of aromatic nitrogens is 1. The normalized spacial score (nSPS) is 17.9. The summed E-state index contributed by atoms with van der Waals surface area (Å²) in [7, 11) is 0. The van der Waals surface area contributed by atoms with Crippen molar-refractivity contribution in [1.29, 1.82) is 0 Å². The van der Waals surface area contributed by atoms with Crippen molar-refractivity contribution in [3.63, 3.8) is 0 Å². The SMILES string of the molecule is CCN1CCC(Nc2snc(N)c2OC(C)C)CC1. The maximum atomic E-state index is 5.86. The van der Waals surface area contributed by atoms with Crippen molar-refractivity contribution in [2.45, 2.75) is 45.8 Å². The second kappa shape index (κ2) is 6.43. The molecule has 0 aliphatic carbocycles. The number of hydrogen-bond acceptors (Lipinski definition) is 6. The Morgan fingerprint density at radius 3 is 2.74 bits per heavy atom.